The molecule has 2 amide bonds. The molecule has 4 rings (SSSR count). The molecule has 0 aliphatic heterocycles. The van der Waals surface area contributed by atoms with Gasteiger partial charge >= 0.3 is 6.03 Å². The lowest BCUT2D eigenvalue weighted by Crippen LogP contribution is -2.30. The fourth-order valence-corrected chi connectivity index (χ4v) is 2.79. The number of aryl methyl sites for hydroxylation is 1. The third-order valence-corrected chi connectivity index (χ3v) is 4.11. The number of pyridine rings is 2. The molecule has 0 bridgehead atoms. The Morgan fingerprint density at radius 3 is 2.96 bits per heavy atom. The van der Waals surface area contributed by atoms with Gasteiger partial charge in [0, 0.05) is 47.8 Å². The van der Waals surface area contributed by atoms with Crippen molar-refractivity contribution in [3.63, 3.8) is 0 Å². The van der Waals surface area contributed by atoms with Gasteiger partial charge in [-0.2, -0.15) is 10.2 Å². The molecule has 9 nitrogen and oxygen atoms in total. The van der Waals surface area contributed by atoms with Crippen molar-refractivity contribution in [1.82, 2.24) is 35.7 Å². The lowest BCUT2D eigenvalue weighted by molar-refractivity contribution is 0.252. The highest BCUT2D eigenvalue weighted by Crippen LogP contribution is 2.26. The van der Waals surface area contributed by atoms with E-state index in [9.17, 15) is 4.79 Å². The first-order valence-electron chi connectivity index (χ1n) is 8.49. The van der Waals surface area contributed by atoms with Gasteiger partial charge in [0.1, 0.15) is 11.5 Å². The number of nitrogens with one attached hydrogen (secondary N) is 4. The number of carbonyl (C=O) groups excluding carboxylic acids is 1. The van der Waals surface area contributed by atoms with Crippen LogP contribution in [0.3, 0.4) is 0 Å². The Balaban J connectivity index is 1.43. The van der Waals surface area contributed by atoms with Gasteiger partial charge in [0.15, 0.2) is 0 Å². The van der Waals surface area contributed by atoms with Crippen LogP contribution < -0.4 is 10.6 Å². The smallest absolute Gasteiger partial charge is 0.320 e. The maximum Gasteiger partial charge on any atom is 0.320 e. The molecule has 136 valence electrons. The van der Waals surface area contributed by atoms with E-state index in [1.54, 1.807) is 30.9 Å². The normalized spacial score (nSPS) is 10.9. The summed E-state index contributed by atoms with van der Waals surface area (Å²) in [6.07, 6.45) is 7.68. The van der Waals surface area contributed by atoms with Crippen molar-refractivity contribution in [3.05, 3.63) is 54.2 Å². The monoisotopic (exact) mass is 362 g/mol. The van der Waals surface area contributed by atoms with Crippen LogP contribution in [0.5, 0.6) is 0 Å². The molecule has 0 aliphatic carbocycles. The number of aromatic nitrogens is 6. The van der Waals surface area contributed by atoms with E-state index in [2.05, 4.69) is 41.0 Å². The molecule has 0 aromatic carbocycles. The Bertz CT molecular complexity index is 1070. The summed E-state index contributed by atoms with van der Waals surface area (Å²) in [5.41, 5.74) is 4.52. The second-order valence-corrected chi connectivity index (χ2v) is 6.11. The average molecular weight is 362 g/mol. The van der Waals surface area contributed by atoms with Crippen molar-refractivity contribution in [2.75, 3.05) is 11.9 Å². The first-order valence-corrected chi connectivity index (χ1v) is 8.49. The molecular weight excluding hydrogens is 344 g/mol. The number of amides is 2. The van der Waals surface area contributed by atoms with Gasteiger partial charge in [-0.15, -0.1) is 0 Å². The summed E-state index contributed by atoms with van der Waals surface area (Å²) in [6, 6.07) is 5.32. The van der Waals surface area contributed by atoms with Crippen LogP contribution >= 0.6 is 0 Å². The molecule has 0 saturated carbocycles. The highest BCUT2D eigenvalue weighted by Gasteiger charge is 2.11. The Labute approximate surface area is 154 Å². The minimum atomic E-state index is -0.310. The lowest BCUT2D eigenvalue weighted by Gasteiger charge is -2.06. The van der Waals surface area contributed by atoms with E-state index >= 15 is 0 Å². The quantitative estimate of drug-likeness (QED) is 0.434. The van der Waals surface area contributed by atoms with Crippen LogP contribution in [0.2, 0.25) is 0 Å². The average Bonchev–Trinajstić information content (AvgIpc) is 3.31. The Hall–Kier alpha value is -3.75. The largest absolute Gasteiger partial charge is 0.337 e. The molecule has 4 aromatic heterocycles. The zero-order valence-corrected chi connectivity index (χ0v) is 14.7. The fraction of sp³-hybridized carbons (Fsp3) is 0.167. The summed E-state index contributed by atoms with van der Waals surface area (Å²) >= 11 is 0. The van der Waals surface area contributed by atoms with Crippen LogP contribution in [0, 0.1) is 6.92 Å². The van der Waals surface area contributed by atoms with Crippen LogP contribution in [-0.4, -0.2) is 42.9 Å². The van der Waals surface area contributed by atoms with Gasteiger partial charge in [0.25, 0.3) is 0 Å². The number of H-pyrrole nitrogens is 2. The summed E-state index contributed by atoms with van der Waals surface area (Å²) in [7, 11) is 0. The van der Waals surface area contributed by atoms with Gasteiger partial charge in [0.05, 0.1) is 11.7 Å². The zero-order valence-electron chi connectivity index (χ0n) is 14.7. The van der Waals surface area contributed by atoms with Crippen molar-refractivity contribution in [1.29, 1.82) is 0 Å². The summed E-state index contributed by atoms with van der Waals surface area (Å²) in [6.45, 7) is 2.44. The van der Waals surface area contributed by atoms with Crippen molar-refractivity contribution in [2.45, 2.75) is 13.3 Å². The van der Waals surface area contributed by atoms with Crippen LogP contribution in [0.1, 0.15) is 11.3 Å². The standard InChI is InChI=1S/C18H18N8O/c1-11-6-13(3-5-19-11)17-14-10-21-16(7-15(14)25-26-17)24-18(27)20-4-2-12-8-22-23-9-12/h3,5-10H,2,4H2,1H3,(H,22,23)(H,25,26)(H2,20,21,24,27). The van der Waals surface area contributed by atoms with Crippen LogP contribution in [-0.2, 0) is 6.42 Å². The molecule has 27 heavy (non-hydrogen) atoms. The highest BCUT2D eigenvalue weighted by molar-refractivity contribution is 5.95. The van der Waals surface area contributed by atoms with E-state index in [1.165, 1.54) is 0 Å². The second kappa shape index (κ2) is 7.24. The summed E-state index contributed by atoms with van der Waals surface area (Å²) < 4.78 is 0. The van der Waals surface area contributed by atoms with Gasteiger partial charge in [-0.3, -0.25) is 20.5 Å². The number of anilines is 1. The van der Waals surface area contributed by atoms with Crippen LogP contribution in [0.15, 0.2) is 43.0 Å². The number of carbonyl (C=O) groups is 1. The molecule has 0 saturated heterocycles. The fourth-order valence-electron chi connectivity index (χ4n) is 2.79. The number of hydrogen-bond donors (Lipinski definition) is 4. The van der Waals surface area contributed by atoms with Gasteiger partial charge < -0.3 is 5.32 Å². The number of nitrogens with zero attached hydrogens (tertiary/aromatic N) is 4. The molecule has 0 aliphatic rings. The van der Waals surface area contributed by atoms with E-state index < -0.39 is 0 Å². The molecule has 4 aromatic rings. The summed E-state index contributed by atoms with van der Waals surface area (Å²) in [4.78, 5) is 20.5. The van der Waals surface area contributed by atoms with E-state index in [-0.39, 0.29) is 6.03 Å². The molecular formula is C18H18N8O. The number of fused-ring (bicyclic) bond motifs is 1. The van der Waals surface area contributed by atoms with Crippen molar-refractivity contribution >= 4 is 22.8 Å². The lowest BCUT2D eigenvalue weighted by atomic mass is 10.1. The minimum absolute atomic E-state index is 0.310. The third-order valence-electron chi connectivity index (χ3n) is 4.11. The van der Waals surface area contributed by atoms with E-state index in [0.29, 0.717) is 18.8 Å². The maximum atomic E-state index is 12.0. The SMILES string of the molecule is Cc1cc(-c2n[nH]c3cc(NC(=O)NCCc4cn[nH]c4)ncc23)ccn1. The Morgan fingerprint density at radius 2 is 2.15 bits per heavy atom. The van der Waals surface area contributed by atoms with E-state index in [0.717, 1.165) is 33.4 Å². The number of rotatable bonds is 5. The number of aromatic amines is 2. The van der Waals surface area contributed by atoms with E-state index in [1.807, 2.05) is 19.1 Å². The van der Waals surface area contributed by atoms with Gasteiger partial charge in [-0.05, 0) is 31.0 Å². The third kappa shape index (κ3) is 3.76. The maximum absolute atomic E-state index is 12.0. The molecule has 4 heterocycles. The highest BCUT2D eigenvalue weighted by atomic mass is 16.2. The first kappa shape index (κ1) is 16.7. The molecule has 0 atom stereocenters. The number of urea groups is 1. The predicted molar refractivity (Wildman–Crippen MR) is 101 cm³/mol. The molecule has 0 radical (unpaired) electrons. The molecule has 0 spiro atoms. The van der Waals surface area contributed by atoms with Crippen molar-refractivity contribution in [2.24, 2.45) is 0 Å². The van der Waals surface area contributed by atoms with Gasteiger partial charge in [0.2, 0.25) is 0 Å². The predicted octanol–water partition coefficient (Wildman–Crippen LogP) is 2.42. The Morgan fingerprint density at radius 1 is 1.22 bits per heavy atom. The van der Waals surface area contributed by atoms with Gasteiger partial charge in [-0.25, -0.2) is 9.78 Å². The number of hydrogen-bond acceptors (Lipinski definition) is 5. The molecule has 0 fully saturated rings. The van der Waals surface area contributed by atoms with Crippen LogP contribution in [0.4, 0.5) is 10.6 Å². The van der Waals surface area contributed by atoms with Crippen molar-refractivity contribution in [3.8, 4) is 11.3 Å². The first-order chi connectivity index (χ1) is 13.2. The topological polar surface area (TPSA) is 124 Å². The van der Waals surface area contributed by atoms with Gasteiger partial charge in [-0.1, -0.05) is 0 Å². The molecule has 0 unspecified atom stereocenters. The summed E-state index contributed by atoms with van der Waals surface area (Å²) in [5.74, 6) is 0.449. The molecule has 4 N–H and O–H groups in total. The Kier molecular flexibility index (Phi) is 4.48. The van der Waals surface area contributed by atoms with E-state index in [4.69, 9.17) is 0 Å². The van der Waals surface area contributed by atoms with Crippen molar-refractivity contribution < 1.29 is 4.79 Å². The second-order valence-electron chi connectivity index (χ2n) is 6.11. The minimum Gasteiger partial charge on any atom is -0.337 e. The summed E-state index contributed by atoms with van der Waals surface area (Å²) in [5, 5.41) is 20.4. The molecule has 9 heteroatoms. The zero-order chi connectivity index (χ0) is 18.6. The van der Waals surface area contributed by atoms with Crippen LogP contribution in [0.25, 0.3) is 22.2 Å².